The zero-order valence-electron chi connectivity index (χ0n) is 16.3. The van der Waals surface area contributed by atoms with E-state index in [2.05, 4.69) is 35.1 Å². The van der Waals surface area contributed by atoms with Crippen LogP contribution in [-0.4, -0.2) is 39.7 Å². The van der Waals surface area contributed by atoms with Gasteiger partial charge in [-0.2, -0.15) is 5.10 Å². The number of aryl methyl sites for hydroxylation is 1. The molecule has 0 bridgehead atoms. The molecule has 5 aromatic heterocycles. The lowest BCUT2D eigenvalue weighted by Crippen LogP contribution is -1.92. The highest BCUT2D eigenvalue weighted by Gasteiger charge is 2.20. The van der Waals surface area contributed by atoms with E-state index in [-0.39, 0.29) is 5.82 Å². The van der Waals surface area contributed by atoms with Crippen LogP contribution in [0, 0.1) is 12.7 Å². The van der Waals surface area contributed by atoms with Crippen molar-refractivity contribution in [1.82, 2.24) is 39.7 Å². The van der Waals surface area contributed by atoms with Crippen LogP contribution in [-0.2, 0) is 0 Å². The molecule has 9 heteroatoms. The van der Waals surface area contributed by atoms with Crippen LogP contribution in [0.25, 0.3) is 50.4 Å². The number of imidazole rings is 2. The van der Waals surface area contributed by atoms with Gasteiger partial charge in [0.25, 0.3) is 0 Å². The Kier molecular flexibility index (Phi) is 3.69. The van der Waals surface area contributed by atoms with Crippen molar-refractivity contribution in [3.63, 3.8) is 0 Å². The van der Waals surface area contributed by atoms with E-state index >= 15 is 4.39 Å². The van der Waals surface area contributed by atoms with Gasteiger partial charge in [-0.25, -0.2) is 19.3 Å². The van der Waals surface area contributed by atoms with E-state index < -0.39 is 0 Å². The number of nitrogens with one attached hydrogen (secondary N) is 2. The molecule has 0 atom stereocenters. The fourth-order valence-corrected chi connectivity index (χ4v) is 3.77. The fourth-order valence-electron chi connectivity index (χ4n) is 3.77. The van der Waals surface area contributed by atoms with Gasteiger partial charge >= 0.3 is 0 Å². The Morgan fingerprint density at radius 1 is 1.06 bits per heavy atom. The van der Waals surface area contributed by atoms with Crippen molar-refractivity contribution in [1.29, 1.82) is 0 Å². The predicted octanol–water partition coefficient (Wildman–Crippen LogP) is 4.20. The number of hydrogen-bond donors (Lipinski definition) is 2. The second-order valence-corrected chi connectivity index (χ2v) is 7.20. The second kappa shape index (κ2) is 6.56. The van der Waals surface area contributed by atoms with Crippen LogP contribution in [0.1, 0.15) is 5.69 Å². The highest BCUT2D eigenvalue weighted by atomic mass is 19.1. The molecule has 0 spiro atoms. The van der Waals surface area contributed by atoms with Crippen molar-refractivity contribution < 1.29 is 4.39 Å². The van der Waals surface area contributed by atoms with Crippen LogP contribution in [0.4, 0.5) is 4.39 Å². The van der Waals surface area contributed by atoms with Gasteiger partial charge in [-0.3, -0.25) is 10.1 Å². The molecule has 0 unspecified atom stereocenters. The van der Waals surface area contributed by atoms with Crippen molar-refractivity contribution in [2.24, 2.45) is 0 Å². The Hall–Kier alpha value is -4.40. The minimum absolute atomic E-state index is 0.362. The van der Waals surface area contributed by atoms with E-state index in [0.717, 1.165) is 16.9 Å². The maximum atomic E-state index is 15.6. The summed E-state index contributed by atoms with van der Waals surface area (Å²) >= 11 is 0. The summed E-state index contributed by atoms with van der Waals surface area (Å²) < 4.78 is 17.5. The second-order valence-electron chi connectivity index (χ2n) is 7.20. The van der Waals surface area contributed by atoms with Gasteiger partial charge in [0.15, 0.2) is 11.5 Å². The first-order valence-corrected chi connectivity index (χ1v) is 9.62. The minimum Gasteiger partial charge on any atom is -0.333 e. The molecule has 0 radical (unpaired) electrons. The van der Waals surface area contributed by atoms with Crippen LogP contribution < -0.4 is 0 Å². The van der Waals surface area contributed by atoms with Gasteiger partial charge in [0, 0.05) is 35.9 Å². The normalized spacial score (nSPS) is 11.5. The molecule has 31 heavy (non-hydrogen) atoms. The first-order valence-electron chi connectivity index (χ1n) is 9.62. The summed E-state index contributed by atoms with van der Waals surface area (Å²) in [5.41, 5.74) is 5.09. The molecule has 0 saturated heterocycles. The maximum absolute atomic E-state index is 15.6. The number of pyridine rings is 2. The molecule has 5 heterocycles. The number of rotatable bonds is 3. The molecule has 0 aliphatic rings. The Balaban J connectivity index is 1.56. The quantitative estimate of drug-likeness (QED) is 0.455. The van der Waals surface area contributed by atoms with Gasteiger partial charge < -0.3 is 9.55 Å². The van der Waals surface area contributed by atoms with Gasteiger partial charge in [-0.05, 0) is 31.2 Å². The third-order valence-corrected chi connectivity index (χ3v) is 5.22. The number of aromatic nitrogens is 8. The number of fused-ring (bicyclic) bond motifs is 2. The molecule has 0 amide bonds. The van der Waals surface area contributed by atoms with Crippen LogP contribution in [0.2, 0.25) is 0 Å². The van der Waals surface area contributed by atoms with Crippen LogP contribution in [0.5, 0.6) is 0 Å². The number of halogens is 1. The van der Waals surface area contributed by atoms with E-state index in [1.807, 2.05) is 29.8 Å². The van der Waals surface area contributed by atoms with Crippen molar-refractivity contribution in [3.8, 4) is 28.3 Å². The molecule has 2 N–H and O–H groups in total. The molecular formula is C22H15FN8. The van der Waals surface area contributed by atoms with Crippen molar-refractivity contribution in [2.75, 3.05) is 0 Å². The molecule has 0 fully saturated rings. The average molecular weight is 410 g/mol. The summed E-state index contributed by atoms with van der Waals surface area (Å²) in [5.74, 6) is 0.0494. The lowest BCUT2D eigenvalue weighted by molar-refractivity contribution is 0.643. The Bertz CT molecular complexity index is 1560. The third-order valence-electron chi connectivity index (χ3n) is 5.22. The smallest absolute Gasteiger partial charge is 0.180 e. The van der Waals surface area contributed by atoms with Crippen LogP contribution in [0.15, 0.2) is 61.4 Å². The van der Waals surface area contributed by atoms with Gasteiger partial charge in [0.2, 0.25) is 0 Å². The zero-order chi connectivity index (χ0) is 20.9. The van der Waals surface area contributed by atoms with Crippen molar-refractivity contribution >= 4 is 22.1 Å². The fraction of sp³-hybridized carbons (Fsp3) is 0.0455. The monoisotopic (exact) mass is 410 g/mol. The highest BCUT2D eigenvalue weighted by molar-refractivity contribution is 5.96. The van der Waals surface area contributed by atoms with Crippen LogP contribution in [0.3, 0.4) is 0 Å². The van der Waals surface area contributed by atoms with Gasteiger partial charge in [-0.1, -0.05) is 6.07 Å². The molecule has 6 aromatic rings. The molecule has 0 aliphatic carbocycles. The molecule has 6 rings (SSSR count). The van der Waals surface area contributed by atoms with Crippen molar-refractivity contribution in [3.05, 3.63) is 73.0 Å². The summed E-state index contributed by atoms with van der Waals surface area (Å²) in [5, 5.41) is 7.60. The number of benzene rings is 1. The number of nitrogens with zero attached hydrogens (tertiary/aromatic N) is 6. The van der Waals surface area contributed by atoms with E-state index in [4.69, 9.17) is 0 Å². The minimum atomic E-state index is -0.381. The Morgan fingerprint density at radius 2 is 2.00 bits per heavy atom. The predicted molar refractivity (Wildman–Crippen MR) is 114 cm³/mol. The van der Waals surface area contributed by atoms with Crippen LogP contribution >= 0.6 is 0 Å². The third kappa shape index (κ3) is 2.71. The summed E-state index contributed by atoms with van der Waals surface area (Å²) in [6, 6.07) is 8.99. The maximum Gasteiger partial charge on any atom is 0.180 e. The van der Waals surface area contributed by atoms with Gasteiger partial charge in [0.1, 0.15) is 17.0 Å². The molecular weight excluding hydrogens is 395 g/mol. The average Bonchev–Trinajstić information content (AvgIpc) is 3.52. The lowest BCUT2D eigenvalue weighted by atomic mass is 10.0. The SMILES string of the molecule is Cc1cn(-c2ccnc3nc(-c4n[nH]c5ccc(-c6cccnc6)c(F)c45)[nH]c23)cn1. The van der Waals surface area contributed by atoms with E-state index in [1.165, 1.54) is 0 Å². The summed E-state index contributed by atoms with van der Waals surface area (Å²) in [7, 11) is 0. The van der Waals surface area contributed by atoms with Gasteiger partial charge in [0.05, 0.1) is 28.6 Å². The molecule has 0 saturated carbocycles. The standard InChI is InChI=1S/C22H15FN8/c1-12-10-31(11-26-12)16-6-8-25-21-19(16)27-22(28-21)20-17-15(29-30-20)5-4-14(18(17)23)13-3-2-7-24-9-13/h2-11H,1H3,(H,29,30)(H,25,27,28). The summed E-state index contributed by atoms with van der Waals surface area (Å²) in [6.07, 6.45) is 8.62. The lowest BCUT2D eigenvalue weighted by Gasteiger charge is -2.04. The Morgan fingerprint density at radius 3 is 2.81 bits per heavy atom. The van der Waals surface area contributed by atoms with E-state index in [0.29, 0.717) is 39.2 Å². The summed E-state index contributed by atoms with van der Waals surface area (Å²) in [4.78, 5) is 20.6. The first-order chi connectivity index (χ1) is 15.2. The number of aromatic amines is 2. The largest absolute Gasteiger partial charge is 0.333 e. The van der Waals surface area contributed by atoms with E-state index in [1.54, 1.807) is 43.1 Å². The topological polar surface area (TPSA) is 101 Å². The molecule has 1 aromatic carbocycles. The zero-order valence-corrected chi connectivity index (χ0v) is 16.3. The van der Waals surface area contributed by atoms with Crippen molar-refractivity contribution in [2.45, 2.75) is 6.92 Å². The highest BCUT2D eigenvalue weighted by Crippen LogP contribution is 2.34. The van der Waals surface area contributed by atoms with E-state index in [9.17, 15) is 0 Å². The molecule has 150 valence electrons. The summed E-state index contributed by atoms with van der Waals surface area (Å²) in [6.45, 7) is 1.92. The van der Waals surface area contributed by atoms with Gasteiger partial charge in [-0.15, -0.1) is 0 Å². The number of H-pyrrole nitrogens is 2. The Labute approximate surface area is 174 Å². The first kappa shape index (κ1) is 17.5. The molecule has 0 aliphatic heterocycles. The number of hydrogen-bond acceptors (Lipinski definition) is 5. The molecule has 8 nitrogen and oxygen atoms in total.